The first kappa shape index (κ1) is 12.2. The molecule has 0 spiro atoms. The third-order valence-corrected chi connectivity index (χ3v) is 3.75. The number of aromatic nitrogens is 2. The second kappa shape index (κ2) is 5.03. The van der Waals surface area contributed by atoms with Gasteiger partial charge in [0, 0.05) is 6.54 Å². The first-order chi connectivity index (χ1) is 9.22. The molecule has 0 saturated carbocycles. The van der Waals surface area contributed by atoms with E-state index in [1.165, 1.54) is 4.70 Å². The van der Waals surface area contributed by atoms with Gasteiger partial charge in [0.05, 0.1) is 21.4 Å². The molecule has 96 valence electrons. The molecule has 0 fully saturated rings. The molecule has 3 aromatic rings. The Kier molecular flexibility index (Phi) is 3.23. The molecule has 6 heteroatoms. The highest BCUT2D eigenvalue weighted by Crippen LogP contribution is 2.22. The van der Waals surface area contributed by atoms with E-state index in [1.807, 2.05) is 17.6 Å². The number of hydrogen-bond acceptors (Lipinski definition) is 5. The van der Waals surface area contributed by atoms with Crippen molar-refractivity contribution in [3.8, 4) is 0 Å². The zero-order valence-electron chi connectivity index (χ0n) is 9.93. The number of hydrogen-bond donors (Lipinski definition) is 2. The molecule has 0 aliphatic rings. The first-order valence-corrected chi connectivity index (χ1v) is 6.96. The highest BCUT2D eigenvalue weighted by atomic mass is 35.5. The van der Waals surface area contributed by atoms with Crippen molar-refractivity contribution in [1.82, 2.24) is 9.97 Å². The lowest BCUT2D eigenvalue weighted by molar-refractivity contribution is 1.12. The van der Waals surface area contributed by atoms with Gasteiger partial charge in [0.25, 0.3) is 0 Å². The van der Waals surface area contributed by atoms with Crippen LogP contribution in [0.1, 0.15) is 5.56 Å². The maximum atomic E-state index is 5.85. The van der Waals surface area contributed by atoms with Gasteiger partial charge in [0.15, 0.2) is 5.82 Å². The van der Waals surface area contributed by atoms with E-state index in [0.717, 1.165) is 11.1 Å². The number of fused-ring (bicyclic) bond motifs is 1. The number of nitrogens with zero attached hydrogens (tertiary/aromatic N) is 2. The van der Waals surface area contributed by atoms with Gasteiger partial charge in [-0.05, 0) is 29.8 Å². The third-order valence-electron chi connectivity index (χ3n) is 2.75. The molecule has 0 aliphatic carbocycles. The van der Waals surface area contributed by atoms with Crippen LogP contribution >= 0.6 is 22.9 Å². The standard InChI is InChI=1S/C13H11ClN4S/c14-12-4-2-9(15)13(18-12)16-6-8-1-3-10-11(5-8)19-7-17-10/h1-5,7H,6,15H2,(H,16,18). The van der Waals surface area contributed by atoms with Gasteiger partial charge in [-0.25, -0.2) is 9.97 Å². The van der Waals surface area contributed by atoms with Gasteiger partial charge in [0.2, 0.25) is 0 Å². The summed E-state index contributed by atoms with van der Waals surface area (Å²) in [6.07, 6.45) is 0. The first-order valence-electron chi connectivity index (χ1n) is 5.70. The number of nitrogens with two attached hydrogens (primary N) is 1. The van der Waals surface area contributed by atoms with E-state index in [1.54, 1.807) is 23.5 Å². The molecule has 0 aliphatic heterocycles. The fourth-order valence-corrected chi connectivity index (χ4v) is 2.67. The lowest BCUT2D eigenvalue weighted by Gasteiger charge is -2.08. The van der Waals surface area contributed by atoms with E-state index in [9.17, 15) is 0 Å². The summed E-state index contributed by atoms with van der Waals surface area (Å²) in [7, 11) is 0. The second-order valence-corrected chi connectivity index (χ2v) is 5.35. The van der Waals surface area contributed by atoms with Gasteiger partial charge < -0.3 is 11.1 Å². The molecular formula is C13H11ClN4S. The average molecular weight is 291 g/mol. The van der Waals surface area contributed by atoms with Crippen molar-refractivity contribution in [2.45, 2.75) is 6.54 Å². The van der Waals surface area contributed by atoms with Crippen LogP contribution in [0.5, 0.6) is 0 Å². The van der Waals surface area contributed by atoms with E-state index in [0.29, 0.717) is 23.2 Å². The maximum absolute atomic E-state index is 5.85. The molecule has 0 atom stereocenters. The van der Waals surface area contributed by atoms with Crippen LogP contribution in [0, 0.1) is 0 Å². The molecular weight excluding hydrogens is 280 g/mol. The SMILES string of the molecule is Nc1ccc(Cl)nc1NCc1ccc2ncsc2c1. The highest BCUT2D eigenvalue weighted by Gasteiger charge is 2.03. The van der Waals surface area contributed by atoms with Crippen molar-refractivity contribution in [3.63, 3.8) is 0 Å². The Morgan fingerprint density at radius 3 is 3.05 bits per heavy atom. The fourth-order valence-electron chi connectivity index (χ4n) is 1.78. The molecule has 2 aromatic heterocycles. The summed E-state index contributed by atoms with van der Waals surface area (Å²) in [5.74, 6) is 0.608. The fraction of sp³-hybridized carbons (Fsp3) is 0.0769. The van der Waals surface area contributed by atoms with Crippen molar-refractivity contribution in [3.05, 3.63) is 46.6 Å². The summed E-state index contributed by atoms with van der Waals surface area (Å²) in [5.41, 5.74) is 10.4. The van der Waals surface area contributed by atoms with E-state index in [4.69, 9.17) is 17.3 Å². The minimum atomic E-state index is 0.426. The van der Waals surface area contributed by atoms with E-state index < -0.39 is 0 Å². The Morgan fingerprint density at radius 1 is 1.26 bits per heavy atom. The Morgan fingerprint density at radius 2 is 2.16 bits per heavy atom. The summed E-state index contributed by atoms with van der Waals surface area (Å²) < 4.78 is 1.17. The molecule has 3 N–H and O–H groups in total. The van der Waals surface area contributed by atoms with Crippen LogP contribution in [-0.2, 0) is 6.54 Å². The number of nitrogen functional groups attached to an aromatic ring is 1. The van der Waals surface area contributed by atoms with Crippen molar-refractivity contribution < 1.29 is 0 Å². The summed E-state index contributed by atoms with van der Waals surface area (Å²) in [5, 5.41) is 3.62. The molecule has 2 heterocycles. The minimum Gasteiger partial charge on any atom is -0.396 e. The van der Waals surface area contributed by atoms with Crippen LogP contribution in [0.2, 0.25) is 5.15 Å². The van der Waals surface area contributed by atoms with Crippen molar-refractivity contribution in [2.75, 3.05) is 11.1 Å². The Bertz CT molecular complexity index is 725. The smallest absolute Gasteiger partial charge is 0.151 e. The number of halogens is 1. The lowest BCUT2D eigenvalue weighted by atomic mass is 10.2. The van der Waals surface area contributed by atoms with Gasteiger partial charge in [-0.15, -0.1) is 11.3 Å². The number of pyridine rings is 1. The zero-order chi connectivity index (χ0) is 13.2. The average Bonchev–Trinajstić information content (AvgIpc) is 2.87. The number of anilines is 2. The molecule has 0 bridgehead atoms. The topological polar surface area (TPSA) is 63.8 Å². The molecule has 0 unspecified atom stereocenters. The molecule has 4 nitrogen and oxygen atoms in total. The van der Waals surface area contributed by atoms with Gasteiger partial charge in [-0.2, -0.15) is 0 Å². The number of thiazole rings is 1. The van der Waals surface area contributed by atoms with Gasteiger partial charge >= 0.3 is 0 Å². The van der Waals surface area contributed by atoms with Gasteiger partial charge in [-0.3, -0.25) is 0 Å². The predicted molar refractivity (Wildman–Crippen MR) is 80.6 cm³/mol. The quantitative estimate of drug-likeness (QED) is 0.724. The Labute approximate surface area is 119 Å². The predicted octanol–water partition coefficient (Wildman–Crippen LogP) is 3.54. The lowest BCUT2D eigenvalue weighted by Crippen LogP contribution is -2.04. The monoisotopic (exact) mass is 290 g/mol. The minimum absolute atomic E-state index is 0.426. The van der Waals surface area contributed by atoms with Crippen LogP contribution in [0.3, 0.4) is 0 Å². The molecule has 0 radical (unpaired) electrons. The summed E-state index contributed by atoms with van der Waals surface area (Å²) >= 11 is 7.48. The van der Waals surface area contributed by atoms with Crippen LogP contribution in [0.4, 0.5) is 11.5 Å². The van der Waals surface area contributed by atoms with E-state index in [2.05, 4.69) is 21.4 Å². The van der Waals surface area contributed by atoms with Crippen molar-refractivity contribution in [2.24, 2.45) is 0 Å². The Balaban J connectivity index is 1.79. The van der Waals surface area contributed by atoms with Crippen molar-refractivity contribution >= 4 is 44.7 Å². The summed E-state index contributed by atoms with van der Waals surface area (Å²) in [6, 6.07) is 9.57. The molecule has 19 heavy (non-hydrogen) atoms. The summed E-state index contributed by atoms with van der Waals surface area (Å²) in [4.78, 5) is 8.41. The zero-order valence-corrected chi connectivity index (χ0v) is 11.5. The van der Waals surface area contributed by atoms with Gasteiger partial charge in [-0.1, -0.05) is 17.7 Å². The molecule has 0 amide bonds. The van der Waals surface area contributed by atoms with E-state index in [-0.39, 0.29) is 0 Å². The Hall–Kier alpha value is -1.85. The summed E-state index contributed by atoms with van der Waals surface area (Å²) in [6.45, 7) is 0.644. The highest BCUT2D eigenvalue weighted by molar-refractivity contribution is 7.16. The van der Waals surface area contributed by atoms with Crippen LogP contribution in [0.25, 0.3) is 10.2 Å². The largest absolute Gasteiger partial charge is 0.396 e. The molecule has 0 saturated heterocycles. The van der Waals surface area contributed by atoms with Crippen molar-refractivity contribution in [1.29, 1.82) is 0 Å². The second-order valence-electron chi connectivity index (χ2n) is 4.08. The number of benzene rings is 1. The van der Waals surface area contributed by atoms with Crippen LogP contribution in [-0.4, -0.2) is 9.97 Å². The van der Waals surface area contributed by atoms with Crippen LogP contribution < -0.4 is 11.1 Å². The number of rotatable bonds is 3. The third kappa shape index (κ3) is 2.62. The van der Waals surface area contributed by atoms with Crippen LogP contribution in [0.15, 0.2) is 35.8 Å². The maximum Gasteiger partial charge on any atom is 0.151 e. The number of nitrogens with one attached hydrogen (secondary N) is 1. The normalized spacial score (nSPS) is 10.8. The molecule has 1 aromatic carbocycles. The molecule has 3 rings (SSSR count). The van der Waals surface area contributed by atoms with E-state index >= 15 is 0 Å². The van der Waals surface area contributed by atoms with Gasteiger partial charge in [0.1, 0.15) is 5.15 Å².